The summed E-state index contributed by atoms with van der Waals surface area (Å²) in [6.45, 7) is 7.38. The Morgan fingerprint density at radius 3 is 1.91 bits per heavy atom. The van der Waals surface area contributed by atoms with Gasteiger partial charge in [0.1, 0.15) is 0 Å². The Kier molecular flexibility index (Phi) is 7.39. The molecule has 0 saturated carbocycles. The third-order valence-corrected chi connectivity index (χ3v) is 20.6. The van der Waals surface area contributed by atoms with Gasteiger partial charge >= 0.3 is 141 Å². The Morgan fingerprint density at radius 2 is 1.36 bits per heavy atom. The molecule has 1 aliphatic rings. The third kappa shape index (κ3) is 4.33. The summed E-state index contributed by atoms with van der Waals surface area (Å²) in [6.07, 6.45) is 8.16. The van der Waals surface area contributed by atoms with Crippen LogP contribution in [0.25, 0.3) is 0 Å². The van der Waals surface area contributed by atoms with Crippen LogP contribution in [0.3, 0.4) is 0 Å². The quantitative estimate of drug-likeness (QED) is 0.476. The van der Waals surface area contributed by atoms with E-state index in [1.165, 1.54) is 51.8 Å². The maximum atomic E-state index is 5.66. The maximum absolute atomic E-state index is 5.66. The molecule has 1 heterocycles. The fourth-order valence-corrected chi connectivity index (χ4v) is 19.5. The van der Waals surface area contributed by atoms with Gasteiger partial charge in [0.05, 0.1) is 0 Å². The van der Waals surface area contributed by atoms with Crippen molar-refractivity contribution in [2.24, 2.45) is 0 Å². The Hall–Kier alpha value is -0.381. The van der Waals surface area contributed by atoms with E-state index in [1.807, 2.05) is 0 Å². The summed E-state index contributed by atoms with van der Waals surface area (Å²) in [6, 6.07) is 6.89. The van der Waals surface area contributed by atoms with Crippen LogP contribution in [-0.2, 0) is 0 Å². The van der Waals surface area contributed by atoms with Crippen molar-refractivity contribution < 1.29 is 9.47 Å². The Bertz CT molecular complexity index is 437. The number of benzene rings is 1. The van der Waals surface area contributed by atoms with Crippen molar-refractivity contribution in [1.29, 1.82) is 0 Å². The number of fused-ring (bicyclic) bond motifs is 1. The predicted molar refractivity (Wildman–Crippen MR) is 97.1 cm³/mol. The van der Waals surface area contributed by atoms with Gasteiger partial charge in [-0.25, -0.2) is 0 Å². The van der Waals surface area contributed by atoms with Crippen molar-refractivity contribution in [2.75, 3.05) is 6.79 Å². The zero-order valence-electron chi connectivity index (χ0n) is 14.6. The van der Waals surface area contributed by atoms with Crippen molar-refractivity contribution >= 4 is 22.0 Å². The van der Waals surface area contributed by atoms with E-state index in [-0.39, 0.29) is 0 Å². The second-order valence-electron chi connectivity index (χ2n) is 6.66. The molecular formula is C19H32O2Sn. The molecular weight excluding hydrogens is 379 g/mol. The zero-order valence-corrected chi connectivity index (χ0v) is 17.5. The molecule has 0 saturated heterocycles. The van der Waals surface area contributed by atoms with Crippen LogP contribution in [-0.4, -0.2) is 25.2 Å². The van der Waals surface area contributed by atoms with Crippen LogP contribution in [0.2, 0.25) is 13.3 Å². The van der Waals surface area contributed by atoms with Gasteiger partial charge in [-0.3, -0.25) is 0 Å². The molecule has 0 aliphatic carbocycles. The summed E-state index contributed by atoms with van der Waals surface area (Å²) >= 11 is -2.30. The normalized spacial score (nSPS) is 13.6. The van der Waals surface area contributed by atoms with Gasteiger partial charge in [-0.1, -0.05) is 0 Å². The molecule has 0 bridgehead atoms. The first-order valence-corrected chi connectivity index (χ1v) is 16.6. The van der Waals surface area contributed by atoms with Crippen LogP contribution in [0.15, 0.2) is 18.2 Å². The molecule has 1 aliphatic heterocycles. The van der Waals surface area contributed by atoms with E-state index in [2.05, 4.69) is 39.0 Å². The molecule has 2 nitrogen and oxygen atoms in total. The van der Waals surface area contributed by atoms with Gasteiger partial charge in [0.2, 0.25) is 0 Å². The van der Waals surface area contributed by atoms with Gasteiger partial charge in [-0.15, -0.1) is 0 Å². The Balaban J connectivity index is 2.30. The molecule has 0 fully saturated rings. The minimum atomic E-state index is -2.30. The first kappa shape index (κ1) is 18.0. The SMILES string of the molecule is CCC[CH2][Sn]([CH2]CCC)([CH2]CCC)[c]1ccc2c(c1)OCO2. The van der Waals surface area contributed by atoms with E-state index in [9.17, 15) is 0 Å². The van der Waals surface area contributed by atoms with Crippen molar-refractivity contribution in [1.82, 2.24) is 0 Å². The van der Waals surface area contributed by atoms with Crippen molar-refractivity contribution in [2.45, 2.75) is 72.6 Å². The molecule has 0 aromatic heterocycles. The molecule has 0 unspecified atom stereocenters. The van der Waals surface area contributed by atoms with Gasteiger partial charge in [0.25, 0.3) is 0 Å². The Morgan fingerprint density at radius 1 is 0.818 bits per heavy atom. The third-order valence-electron chi connectivity index (χ3n) is 5.01. The second kappa shape index (κ2) is 9.05. The summed E-state index contributed by atoms with van der Waals surface area (Å²) in [4.78, 5) is 0. The van der Waals surface area contributed by atoms with Crippen LogP contribution in [0.1, 0.15) is 59.3 Å². The monoisotopic (exact) mass is 412 g/mol. The standard InChI is InChI=1S/C7H5O2.3C4H9.Sn/c1-2-4-7-6(3-1)8-5-9-7;3*1-3-4-2;/h1,3-4H,5H2;3*1,3-4H2,2H3;. The number of hydrogen-bond acceptors (Lipinski definition) is 2. The van der Waals surface area contributed by atoms with Gasteiger partial charge in [-0.2, -0.15) is 0 Å². The first-order valence-electron chi connectivity index (χ1n) is 9.16. The number of unbranched alkanes of at least 4 members (excludes halogenated alkanes) is 3. The molecule has 0 atom stereocenters. The summed E-state index contributed by atoms with van der Waals surface area (Å²) in [7, 11) is 0. The van der Waals surface area contributed by atoms with Crippen LogP contribution in [0.5, 0.6) is 11.5 Å². The number of rotatable bonds is 10. The molecule has 0 amide bonds. The van der Waals surface area contributed by atoms with E-state index >= 15 is 0 Å². The van der Waals surface area contributed by atoms with Crippen molar-refractivity contribution in [3.8, 4) is 11.5 Å². The Labute approximate surface area is 140 Å². The number of hydrogen-bond donors (Lipinski definition) is 0. The van der Waals surface area contributed by atoms with E-state index in [0.717, 1.165) is 11.5 Å². The average molecular weight is 411 g/mol. The van der Waals surface area contributed by atoms with Crippen molar-refractivity contribution in [3.63, 3.8) is 0 Å². The van der Waals surface area contributed by atoms with Gasteiger partial charge < -0.3 is 0 Å². The molecule has 1 aromatic rings. The van der Waals surface area contributed by atoms with E-state index in [1.54, 1.807) is 3.58 Å². The van der Waals surface area contributed by atoms with Crippen LogP contribution in [0.4, 0.5) is 0 Å². The molecule has 2 rings (SSSR count). The predicted octanol–water partition coefficient (Wildman–Crippen LogP) is 5.47. The van der Waals surface area contributed by atoms with E-state index in [0.29, 0.717) is 6.79 Å². The second-order valence-corrected chi connectivity index (χ2v) is 19.9. The first-order chi connectivity index (χ1) is 10.8. The summed E-state index contributed by atoms with van der Waals surface area (Å²) < 4.78 is 17.4. The minimum absolute atomic E-state index is 0.389. The van der Waals surface area contributed by atoms with Crippen LogP contribution < -0.4 is 13.1 Å². The van der Waals surface area contributed by atoms with E-state index < -0.39 is 18.4 Å². The summed E-state index contributed by atoms with van der Waals surface area (Å²) in [5.74, 6) is 1.92. The van der Waals surface area contributed by atoms with Gasteiger partial charge in [-0.05, 0) is 0 Å². The topological polar surface area (TPSA) is 18.5 Å². The number of ether oxygens (including phenoxy) is 2. The van der Waals surface area contributed by atoms with Crippen LogP contribution >= 0.6 is 0 Å². The molecule has 0 radical (unpaired) electrons. The van der Waals surface area contributed by atoms with Gasteiger partial charge in [0, 0.05) is 0 Å². The summed E-state index contributed by atoms with van der Waals surface area (Å²) in [5.41, 5.74) is 0. The fraction of sp³-hybridized carbons (Fsp3) is 0.684. The van der Waals surface area contributed by atoms with Crippen molar-refractivity contribution in [3.05, 3.63) is 18.2 Å². The molecule has 1 aromatic carbocycles. The van der Waals surface area contributed by atoms with Gasteiger partial charge in [0.15, 0.2) is 0 Å². The fourth-order valence-electron chi connectivity index (χ4n) is 3.58. The molecule has 3 heteroatoms. The molecule has 0 N–H and O–H groups in total. The van der Waals surface area contributed by atoms with Crippen LogP contribution in [0, 0.1) is 0 Å². The zero-order chi connectivity index (χ0) is 15.8. The van der Waals surface area contributed by atoms with E-state index in [4.69, 9.17) is 9.47 Å². The summed E-state index contributed by atoms with van der Waals surface area (Å²) in [5, 5.41) is 0. The molecule has 22 heavy (non-hydrogen) atoms. The molecule has 0 spiro atoms. The molecule has 124 valence electrons. The average Bonchev–Trinajstić information content (AvgIpc) is 3.02.